The molecule has 3 N–H and O–H groups in total. The van der Waals surface area contributed by atoms with Crippen LogP contribution in [0.2, 0.25) is 0 Å². The molecule has 0 aliphatic carbocycles. The van der Waals surface area contributed by atoms with Crippen LogP contribution in [0.15, 0.2) is 24.3 Å². The number of benzene rings is 1. The van der Waals surface area contributed by atoms with Crippen molar-refractivity contribution in [2.75, 3.05) is 26.9 Å². The number of methoxy groups -OCH3 is 1. The second-order valence-corrected chi connectivity index (χ2v) is 4.51. The van der Waals surface area contributed by atoms with Crippen molar-refractivity contribution < 1.29 is 14.3 Å². The van der Waals surface area contributed by atoms with Gasteiger partial charge in [0.1, 0.15) is 11.2 Å². The van der Waals surface area contributed by atoms with Crippen molar-refractivity contribution >= 4 is 5.91 Å². The number of amides is 1. The van der Waals surface area contributed by atoms with Crippen LogP contribution < -0.4 is 15.8 Å². The third-order valence-corrected chi connectivity index (χ3v) is 3.24. The molecule has 2 rings (SSSR count). The topological polar surface area (TPSA) is 73.6 Å². The van der Waals surface area contributed by atoms with E-state index in [1.54, 1.807) is 7.11 Å². The van der Waals surface area contributed by atoms with Crippen LogP contribution in [0.3, 0.4) is 0 Å². The summed E-state index contributed by atoms with van der Waals surface area (Å²) in [5, 5.41) is 2.89. The molecular formula is C13H18N2O3. The molecule has 0 radical (unpaired) electrons. The summed E-state index contributed by atoms with van der Waals surface area (Å²) in [5.74, 6) is 0.767. The van der Waals surface area contributed by atoms with Gasteiger partial charge in [-0.05, 0) is 17.7 Å². The van der Waals surface area contributed by atoms with Gasteiger partial charge in [-0.1, -0.05) is 12.1 Å². The van der Waals surface area contributed by atoms with Gasteiger partial charge in [0.15, 0.2) is 0 Å². The molecule has 1 heterocycles. The van der Waals surface area contributed by atoms with Crippen LogP contribution in [0.1, 0.15) is 5.56 Å². The first-order chi connectivity index (χ1) is 8.70. The first kappa shape index (κ1) is 12.9. The van der Waals surface area contributed by atoms with Gasteiger partial charge in [0.05, 0.1) is 20.3 Å². The normalized spacial score (nSPS) is 16.8. The summed E-state index contributed by atoms with van der Waals surface area (Å²) >= 11 is 0. The monoisotopic (exact) mass is 250 g/mol. The van der Waals surface area contributed by atoms with Crippen LogP contribution in [-0.4, -0.2) is 32.8 Å². The van der Waals surface area contributed by atoms with Gasteiger partial charge in [0.2, 0.25) is 5.91 Å². The van der Waals surface area contributed by atoms with E-state index in [4.69, 9.17) is 15.2 Å². The standard InChI is InChI=1S/C13H18N2O3/c1-17-11-4-2-10(3-5-11)6-15-12(16)13(7-14)8-18-9-13/h2-5H,6-9,14H2,1H3,(H,15,16). The van der Waals surface area contributed by atoms with Crippen molar-refractivity contribution in [3.05, 3.63) is 29.8 Å². The highest BCUT2D eigenvalue weighted by Crippen LogP contribution is 2.26. The molecule has 0 unspecified atom stereocenters. The van der Waals surface area contributed by atoms with Crippen LogP contribution in [0, 0.1) is 5.41 Å². The Balaban J connectivity index is 1.88. The number of carbonyl (C=O) groups is 1. The van der Waals surface area contributed by atoms with Crippen LogP contribution >= 0.6 is 0 Å². The number of hydrogen-bond donors (Lipinski definition) is 2. The van der Waals surface area contributed by atoms with Gasteiger partial charge >= 0.3 is 0 Å². The van der Waals surface area contributed by atoms with Gasteiger partial charge in [-0.2, -0.15) is 0 Å². The van der Waals surface area contributed by atoms with Gasteiger partial charge < -0.3 is 20.5 Å². The Hall–Kier alpha value is -1.59. The molecular weight excluding hydrogens is 232 g/mol. The van der Waals surface area contributed by atoms with E-state index >= 15 is 0 Å². The molecule has 5 nitrogen and oxygen atoms in total. The second-order valence-electron chi connectivity index (χ2n) is 4.51. The Kier molecular flexibility index (Phi) is 3.84. The predicted molar refractivity (Wildman–Crippen MR) is 67.1 cm³/mol. The Bertz CT molecular complexity index is 407. The minimum atomic E-state index is -0.521. The molecule has 1 aromatic carbocycles. The molecule has 0 spiro atoms. The van der Waals surface area contributed by atoms with Gasteiger partial charge in [-0.25, -0.2) is 0 Å². The summed E-state index contributed by atoms with van der Waals surface area (Å²) in [7, 11) is 1.62. The van der Waals surface area contributed by atoms with E-state index in [0.717, 1.165) is 11.3 Å². The van der Waals surface area contributed by atoms with E-state index in [0.29, 0.717) is 26.3 Å². The Morgan fingerprint density at radius 2 is 2.11 bits per heavy atom. The fourth-order valence-electron chi connectivity index (χ4n) is 1.80. The first-order valence-electron chi connectivity index (χ1n) is 5.89. The zero-order valence-electron chi connectivity index (χ0n) is 10.4. The van der Waals surface area contributed by atoms with E-state index < -0.39 is 5.41 Å². The third-order valence-electron chi connectivity index (χ3n) is 3.24. The highest BCUT2D eigenvalue weighted by molar-refractivity contribution is 5.84. The fourth-order valence-corrected chi connectivity index (χ4v) is 1.80. The van der Waals surface area contributed by atoms with Crippen molar-refractivity contribution in [1.82, 2.24) is 5.32 Å². The van der Waals surface area contributed by atoms with Gasteiger partial charge in [-0.3, -0.25) is 4.79 Å². The lowest BCUT2D eigenvalue weighted by molar-refractivity contribution is -0.159. The molecule has 0 atom stereocenters. The molecule has 0 aromatic heterocycles. The van der Waals surface area contributed by atoms with Crippen molar-refractivity contribution in [2.45, 2.75) is 6.54 Å². The lowest BCUT2D eigenvalue weighted by atomic mass is 9.85. The summed E-state index contributed by atoms with van der Waals surface area (Å²) in [6, 6.07) is 7.58. The summed E-state index contributed by atoms with van der Waals surface area (Å²) in [6.45, 7) is 1.64. The summed E-state index contributed by atoms with van der Waals surface area (Å²) in [6.07, 6.45) is 0. The molecule has 1 aliphatic heterocycles. The van der Waals surface area contributed by atoms with E-state index in [9.17, 15) is 4.79 Å². The van der Waals surface area contributed by atoms with Crippen LogP contribution in [0.4, 0.5) is 0 Å². The van der Waals surface area contributed by atoms with Crippen molar-refractivity contribution in [3.8, 4) is 5.75 Å². The quantitative estimate of drug-likeness (QED) is 0.787. The highest BCUT2D eigenvalue weighted by atomic mass is 16.5. The number of rotatable bonds is 5. The molecule has 0 saturated carbocycles. The largest absolute Gasteiger partial charge is 0.497 e. The molecule has 1 aliphatic rings. The Morgan fingerprint density at radius 3 is 2.56 bits per heavy atom. The minimum absolute atomic E-state index is 0.0351. The smallest absolute Gasteiger partial charge is 0.232 e. The van der Waals surface area contributed by atoms with Crippen LogP contribution in [0.25, 0.3) is 0 Å². The Morgan fingerprint density at radius 1 is 1.44 bits per heavy atom. The van der Waals surface area contributed by atoms with Crippen molar-refractivity contribution in [3.63, 3.8) is 0 Å². The minimum Gasteiger partial charge on any atom is -0.497 e. The molecule has 98 valence electrons. The molecule has 1 fully saturated rings. The lowest BCUT2D eigenvalue weighted by Crippen LogP contribution is -2.58. The molecule has 1 saturated heterocycles. The molecule has 1 amide bonds. The van der Waals surface area contributed by atoms with Gasteiger partial charge in [0, 0.05) is 13.1 Å². The predicted octanol–water partition coefficient (Wildman–Crippen LogP) is 0.287. The Labute approximate surface area is 106 Å². The fraction of sp³-hybridized carbons (Fsp3) is 0.462. The molecule has 5 heteroatoms. The third kappa shape index (κ3) is 2.47. The summed E-state index contributed by atoms with van der Waals surface area (Å²) in [4.78, 5) is 12.0. The zero-order chi connectivity index (χ0) is 13.0. The summed E-state index contributed by atoms with van der Waals surface area (Å²) < 4.78 is 10.1. The van der Waals surface area contributed by atoms with Gasteiger partial charge in [0.25, 0.3) is 0 Å². The molecule has 18 heavy (non-hydrogen) atoms. The maximum Gasteiger partial charge on any atom is 0.232 e. The maximum atomic E-state index is 12.0. The average molecular weight is 250 g/mol. The van der Waals surface area contributed by atoms with Crippen LogP contribution in [0.5, 0.6) is 5.75 Å². The number of ether oxygens (including phenoxy) is 2. The van der Waals surface area contributed by atoms with Crippen molar-refractivity contribution in [2.24, 2.45) is 11.1 Å². The SMILES string of the molecule is COc1ccc(CNC(=O)C2(CN)COC2)cc1. The molecule has 1 aromatic rings. The van der Waals surface area contributed by atoms with Crippen molar-refractivity contribution in [1.29, 1.82) is 0 Å². The number of carbonyl (C=O) groups excluding carboxylic acids is 1. The van der Waals surface area contributed by atoms with E-state index in [-0.39, 0.29) is 5.91 Å². The lowest BCUT2D eigenvalue weighted by Gasteiger charge is -2.38. The maximum absolute atomic E-state index is 12.0. The number of nitrogens with one attached hydrogen (secondary N) is 1. The van der Waals surface area contributed by atoms with Gasteiger partial charge in [-0.15, -0.1) is 0 Å². The first-order valence-corrected chi connectivity index (χ1v) is 5.89. The van der Waals surface area contributed by atoms with Crippen LogP contribution in [-0.2, 0) is 16.1 Å². The van der Waals surface area contributed by atoms with E-state index in [1.807, 2.05) is 24.3 Å². The number of nitrogens with two attached hydrogens (primary N) is 1. The second kappa shape index (κ2) is 5.37. The summed E-state index contributed by atoms with van der Waals surface area (Å²) in [5.41, 5.74) is 6.12. The highest BCUT2D eigenvalue weighted by Gasteiger charge is 2.44. The molecule has 0 bridgehead atoms. The van der Waals surface area contributed by atoms with E-state index in [1.165, 1.54) is 0 Å². The zero-order valence-corrected chi connectivity index (χ0v) is 10.4. The number of hydrogen-bond acceptors (Lipinski definition) is 4. The van der Waals surface area contributed by atoms with E-state index in [2.05, 4.69) is 5.32 Å². The average Bonchev–Trinajstić information content (AvgIpc) is 2.36.